The predicted octanol–water partition coefficient (Wildman–Crippen LogP) is 4.05. The monoisotopic (exact) mass is 565 g/mol. The molecule has 3 aliphatic rings. The minimum Gasteiger partial charge on any atom is -0.464 e. The van der Waals surface area contributed by atoms with Crippen LogP contribution < -0.4 is 5.32 Å². The van der Waals surface area contributed by atoms with Crippen LogP contribution in [0.2, 0.25) is 0 Å². The highest BCUT2D eigenvalue weighted by Crippen LogP contribution is 2.42. The highest BCUT2D eigenvalue weighted by atomic mass is 16.5. The van der Waals surface area contributed by atoms with E-state index in [-0.39, 0.29) is 28.8 Å². The maximum atomic E-state index is 13.8. The fourth-order valence-corrected chi connectivity index (χ4v) is 6.60. The maximum absolute atomic E-state index is 13.8. The van der Waals surface area contributed by atoms with Crippen LogP contribution in [0.4, 0.5) is 5.69 Å². The molecule has 220 valence electrons. The number of nitrogens with zero attached hydrogens (tertiary/aromatic N) is 4. The number of hydrogen-bond acceptors (Lipinski definition) is 9. The lowest BCUT2D eigenvalue weighted by molar-refractivity contribution is -0.120. The Hall–Kier alpha value is -3.57. The van der Waals surface area contributed by atoms with Gasteiger partial charge in [-0.05, 0) is 67.7 Å². The minimum atomic E-state index is -0.775. The summed E-state index contributed by atoms with van der Waals surface area (Å²) < 4.78 is 16.7. The third kappa shape index (κ3) is 5.78. The molecule has 2 aliphatic heterocycles. The number of amides is 1. The lowest BCUT2D eigenvalue weighted by Gasteiger charge is -2.36. The fourth-order valence-electron chi connectivity index (χ4n) is 6.60. The summed E-state index contributed by atoms with van der Waals surface area (Å²) in [5.41, 5.74) is 5.65. The van der Waals surface area contributed by atoms with Crippen molar-refractivity contribution in [2.75, 3.05) is 32.6 Å². The average molecular weight is 566 g/mol. The number of allylic oxidation sites excluding steroid dienone is 1. The standard InChI is InChI=1S/C30H39N5O6/c1-18-7-6-11-30(2,3)23(18)10-12-34-15-22(35-26(29(38)40-5)25(32-33-35)28(37)39-4)14-24(34)27(36)31-21-9-8-19-16-41-17-20(19)13-21/h8-9,13,22,24H,6-7,10-12,14-17H2,1-5H3,(H,31,36)/t22-,24-/m0/s1. The third-order valence-electron chi connectivity index (χ3n) is 8.81. The van der Waals surface area contributed by atoms with Crippen molar-refractivity contribution in [3.8, 4) is 0 Å². The number of aromatic nitrogens is 3. The van der Waals surface area contributed by atoms with Gasteiger partial charge in [-0.25, -0.2) is 14.3 Å². The van der Waals surface area contributed by atoms with Crippen molar-refractivity contribution in [3.63, 3.8) is 0 Å². The molecule has 2 aromatic rings. The summed E-state index contributed by atoms with van der Waals surface area (Å²) in [6.07, 6.45) is 4.67. The molecule has 1 amide bonds. The normalized spacial score (nSPS) is 22.0. The number of fused-ring (bicyclic) bond motifs is 1. The molecule has 5 rings (SSSR count). The summed E-state index contributed by atoms with van der Waals surface area (Å²) in [6.45, 7) is 9.06. The second-order valence-corrected chi connectivity index (χ2v) is 11.8. The zero-order valence-electron chi connectivity index (χ0n) is 24.5. The largest absolute Gasteiger partial charge is 0.464 e. The predicted molar refractivity (Wildman–Crippen MR) is 150 cm³/mol. The van der Waals surface area contributed by atoms with Gasteiger partial charge in [-0.15, -0.1) is 5.10 Å². The molecule has 0 saturated carbocycles. The van der Waals surface area contributed by atoms with Gasteiger partial charge in [0, 0.05) is 18.8 Å². The number of anilines is 1. The van der Waals surface area contributed by atoms with Crippen molar-refractivity contribution in [1.82, 2.24) is 19.9 Å². The highest BCUT2D eigenvalue weighted by Gasteiger charge is 2.41. The van der Waals surface area contributed by atoms with Crippen LogP contribution in [0.5, 0.6) is 0 Å². The van der Waals surface area contributed by atoms with Crippen LogP contribution in [0, 0.1) is 5.41 Å². The van der Waals surface area contributed by atoms with Crippen LogP contribution in [-0.2, 0) is 32.2 Å². The summed E-state index contributed by atoms with van der Waals surface area (Å²) in [4.78, 5) is 41.0. The quantitative estimate of drug-likeness (QED) is 0.373. The number of carbonyl (C=O) groups excluding carboxylic acids is 3. The van der Waals surface area contributed by atoms with Gasteiger partial charge in [0.05, 0.1) is 39.5 Å². The Balaban J connectivity index is 1.42. The number of benzene rings is 1. The molecule has 1 aromatic carbocycles. The SMILES string of the molecule is COC(=O)c1nnn([C@H]2C[C@@H](C(=O)Nc3ccc4c(c3)COC4)N(CCC3=C(C)CCCC3(C)C)C2)c1C(=O)OC. The number of ether oxygens (including phenoxy) is 3. The molecule has 11 nitrogen and oxygen atoms in total. The molecule has 0 unspecified atom stereocenters. The van der Waals surface area contributed by atoms with Crippen LogP contribution in [0.25, 0.3) is 0 Å². The van der Waals surface area contributed by atoms with Crippen LogP contribution in [0.1, 0.15) is 91.0 Å². The van der Waals surface area contributed by atoms with Gasteiger partial charge in [0.2, 0.25) is 11.6 Å². The zero-order chi connectivity index (χ0) is 29.3. The number of esters is 2. The molecule has 41 heavy (non-hydrogen) atoms. The Morgan fingerprint density at radius 3 is 2.61 bits per heavy atom. The van der Waals surface area contributed by atoms with Crippen molar-refractivity contribution in [3.05, 3.63) is 51.9 Å². The van der Waals surface area contributed by atoms with E-state index in [0.29, 0.717) is 32.7 Å². The Kier molecular flexibility index (Phi) is 8.28. The molecule has 11 heteroatoms. The Morgan fingerprint density at radius 2 is 1.88 bits per heavy atom. The smallest absolute Gasteiger partial charge is 0.361 e. The molecule has 1 fully saturated rings. The van der Waals surface area contributed by atoms with Crippen molar-refractivity contribution >= 4 is 23.5 Å². The molecule has 3 heterocycles. The average Bonchev–Trinajstić information content (AvgIpc) is 3.69. The van der Waals surface area contributed by atoms with Gasteiger partial charge in [0.1, 0.15) is 0 Å². The summed E-state index contributed by atoms with van der Waals surface area (Å²) in [7, 11) is 2.45. The van der Waals surface area contributed by atoms with Gasteiger partial charge in [-0.2, -0.15) is 0 Å². The van der Waals surface area contributed by atoms with E-state index in [0.717, 1.165) is 36.1 Å². The third-order valence-corrected chi connectivity index (χ3v) is 8.81. The van der Waals surface area contributed by atoms with Crippen molar-refractivity contribution in [2.24, 2.45) is 5.41 Å². The summed E-state index contributed by atoms with van der Waals surface area (Å²) in [6, 6.07) is 4.99. The van der Waals surface area contributed by atoms with Crippen LogP contribution in [-0.4, -0.2) is 71.1 Å². The van der Waals surface area contributed by atoms with Crippen LogP contribution in [0.15, 0.2) is 29.3 Å². The van der Waals surface area contributed by atoms with E-state index < -0.39 is 18.0 Å². The molecule has 0 radical (unpaired) electrons. The lowest BCUT2D eigenvalue weighted by Crippen LogP contribution is -2.40. The Bertz CT molecular complexity index is 1380. The van der Waals surface area contributed by atoms with E-state index in [1.54, 1.807) is 0 Å². The van der Waals surface area contributed by atoms with E-state index >= 15 is 0 Å². The second-order valence-electron chi connectivity index (χ2n) is 11.8. The number of methoxy groups -OCH3 is 2. The lowest BCUT2D eigenvalue weighted by atomic mass is 9.71. The van der Waals surface area contributed by atoms with Gasteiger partial charge >= 0.3 is 11.9 Å². The fraction of sp³-hybridized carbons (Fsp3) is 0.567. The van der Waals surface area contributed by atoms with Crippen molar-refractivity contribution < 1.29 is 28.6 Å². The molecule has 0 spiro atoms. The van der Waals surface area contributed by atoms with E-state index in [4.69, 9.17) is 14.2 Å². The first-order valence-corrected chi connectivity index (χ1v) is 14.2. The molecule has 2 atom stereocenters. The van der Waals surface area contributed by atoms with E-state index in [1.165, 1.54) is 36.5 Å². The van der Waals surface area contributed by atoms with Crippen molar-refractivity contribution in [2.45, 2.75) is 78.2 Å². The number of hydrogen-bond donors (Lipinski definition) is 1. The van der Waals surface area contributed by atoms with E-state index in [9.17, 15) is 14.4 Å². The van der Waals surface area contributed by atoms with Gasteiger partial charge in [-0.1, -0.05) is 36.3 Å². The number of likely N-dealkylation sites (tertiary alicyclic amines) is 1. The minimum absolute atomic E-state index is 0.0732. The molecule has 1 aromatic heterocycles. The first-order valence-electron chi connectivity index (χ1n) is 14.2. The first-order chi connectivity index (χ1) is 19.6. The molecule has 1 aliphatic carbocycles. The van der Waals surface area contributed by atoms with Gasteiger partial charge in [-0.3, -0.25) is 9.69 Å². The van der Waals surface area contributed by atoms with E-state index in [2.05, 4.69) is 41.3 Å². The van der Waals surface area contributed by atoms with Gasteiger partial charge < -0.3 is 19.5 Å². The molecular weight excluding hydrogens is 526 g/mol. The first kappa shape index (κ1) is 28.9. The molecule has 0 bridgehead atoms. The Labute approximate surface area is 240 Å². The summed E-state index contributed by atoms with van der Waals surface area (Å²) in [5.74, 6) is -1.64. The number of rotatable bonds is 8. The number of nitrogens with one attached hydrogen (secondary N) is 1. The van der Waals surface area contributed by atoms with Crippen LogP contribution >= 0.6 is 0 Å². The van der Waals surface area contributed by atoms with Gasteiger partial charge in [0.15, 0.2) is 5.69 Å². The van der Waals surface area contributed by atoms with Crippen LogP contribution in [0.3, 0.4) is 0 Å². The number of carbonyl (C=O) groups is 3. The molecular formula is C30H39N5O6. The van der Waals surface area contributed by atoms with E-state index in [1.807, 2.05) is 18.2 Å². The topological polar surface area (TPSA) is 125 Å². The Morgan fingerprint density at radius 1 is 1.12 bits per heavy atom. The molecule has 1 N–H and O–H groups in total. The zero-order valence-corrected chi connectivity index (χ0v) is 24.5. The molecule has 1 saturated heterocycles. The van der Waals surface area contributed by atoms with Gasteiger partial charge in [0.25, 0.3) is 0 Å². The van der Waals surface area contributed by atoms with Crippen molar-refractivity contribution in [1.29, 1.82) is 0 Å². The summed E-state index contributed by atoms with van der Waals surface area (Å²) in [5, 5.41) is 11.2. The highest BCUT2D eigenvalue weighted by molar-refractivity contribution is 6.00. The maximum Gasteiger partial charge on any atom is 0.361 e. The summed E-state index contributed by atoms with van der Waals surface area (Å²) >= 11 is 0. The second kappa shape index (κ2) is 11.7.